The third-order valence-electron chi connectivity index (χ3n) is 4.43. The third kappa shape index (κ3) is 5.19. The Labute approximate surface area is 177 Å². The van der Waals surface area contributed by atoms with E-state index in [4.69, 9.17) is 18.9 Å². The van der Waals surface area contributed by atoms with E-state index in [1.807, 2.05) is 0 Å². The first-order valence-electron chi connectivity index (χ1n) is 9.24. The molecule has 3 rings (SSSR count). The summed E-state index contributed by atoms with van der Waals surface area (Å²) in [7, 11) is 4.21. The largest absolute Gasteiger partial charge is 0.493 e. The molecule has 1 aromatic heterocycles. The molecule has 1 heterocycles. The summed E-state index contributed by atoms with van der Waals surface area (Å²) in [6.45, 7) is -0.0900. The summed E-state index contributed by atoms with van der Waals surface area (Å²) in [5.74, 6) is -0.280. The smallest absolute Gasteiger partial charge is 0.356 e. The Morgan fingerprint density at radius 2 is 1.65 bits per heavy atom. The highest BCUT2D eigenvalue weighted by Gasteiger charge is 2.17. The van der Waals surface area contributed by atoms with Gasteiger partial charge in [-0.05, 0) is 23.8 Å². The number of hydrogen-bond acceptors (Lipinski definition) is 7. The fourth-order valence-corrected chi connectivity index (χ4v) is 2.85. The Morgan fingerprint density at radius 1 is 0.968 bits per heavy atom. The quantitative estimate of drug-likeness (QED) is 0.551. The molecule has 0 bridgehead atoms. The van der Waals surface area contributed by atoms with Gasteiger partial charge in [0.05, 0.1) is 26.8 Å². The third-order valence-corrected chi connectivity index (χ3v) is 4.43. The van der Waals surface area contributed by atoms with Gasteiger partial charge in [0.2, 0.25) is 0 Å². The van der Waals surface area contributed by atoms with Crippen LogP contribution in [0.4, 0.5) is 4.39 Å². The Morgan fingerprint density at radius 3 is 2.29 bits per heavy atom. The Hall–Kier alpha value is -3.88. The number of halogens is 1. The molecular formula is C22H21FN2O6. The zero-order valence-corrected chi connectivity index (χ0v) is 17.2. The van der Waals surface area contributed by atoms with Crippen LogP contribution >= 0.6 is 0 Å². The van der Waals surface area contributed by atoms with E-state index < -0.39 is 11.9 Å². The molecule has 0 aliphatic rings. The lowest BCUT2D eigenvalue weighted by Crippen LogP contribution is -2.28. The second kappa shape index (κ2) is 9.75. The van der Waals surface area contributed by atoms with Crippen LogP contribution in [-0.2, 0) is 16.1 Å². The zero-order chi connectivity index (χ0) is 22.4. The summed E-state index contributed by atoms with van der Waals surface area (Å²) < 4.78 is 34.0. The molecule has 0 saturated carbocycles. The number of nitrogens with one attached hydrogen (secondary N) is 1. The van der Waals surface area contributed by atoms with Crippen LogP contribution in [0.15, 0.2) is 42.5 Å². The minimum atomic E-state index is -0.651. The number of ether oxygens (including phenoxy) is 4. The number of carbonyl (C=O) groups is 2. The van der Waals surface area contributed by atoms with E-state index in [-0.39, 0.29) is 30.4 Å². The van der Waals surface area contributed by atoms with Crippen LogP contribution < -0.4 is 19.5 Å². The van der Waals surface area contributed by atoms with Crippen molar-refractivity contribution in [1.82, 2.24) is 10.3 Å². The lowest BCUT2D eigenvalue weighted by molar-refractivity contribution is -0.123. The van der Waals surface area contributed by atoms with Gasteiger partial charge in [0.1, 0.15) is 11.6 Å². The van der Waals surface area contributed by atoms with Crippen LogP contribution in [0, 0.1) is 5.82 Å². The van der Waals surface area contributed by atoms with E-state index in [2.05, 4.69) is 10.3 Å². The second-order valence-corrected chi connectivity index (χ2v) is 6.41. The molecular weight excluding hydrogens is 407 g/mol. The first-order valence-corrected chi connectivity index (χ1v) is 9.24. The first-order chi connectivity index (χ1) is 14.9. The highest BCUT2D eigenvalue weighted by atomic mass is 19.1. The van der Waals surface area contributed by atoms with Crippen molar-refractivity contribution in [3.8, 4) is 17.2 Å². The predicted molar refractivity (Wildman–Crippen MR) is 110 cm³/mol. The van der Waals surface area contributed by atoms with Crippen LogP contribution in [0.2, 0.25) is 0 Å². The summed E-state index contributed by atoms with van der Waals surface area (Å²) >= 11 is 0. The summed E-state index contributed by atoms with van der Waals surface area (Å²) in [6, 6.07) is 10.4. The van der Waals surface area contributed by atoms with Gasteiger partial charge in [0.25, 0.3) is 5.91 Å². The molecule has 1 N–H and O–H groups in total. The lowest BCUT2D eigenvalue weighted by atomic mass is 10.1. The number of esters is 1. The van der Waals surface area contributed by atoms with E-state index in [9.17, 15) is 14.0 Å². The second-order valence-electron chi connectivity index (χ2n) is 6.41. The fraction of sp³-hybridized carbons (Fsp3) is 0.227. The molecule has 0 aliphatic heterocycles. The first kappa shape index (κ1) is 21.8. The summed E-state index contributed by atoms with van der Waals surface area (Å²) in [5.41, 5.74) is 1.17. The van der Waals surface area contributed by atoms with E-state index in [1.54, 1.807) is 24.3 Å². The highest BCUT2D eigenvalue weighted by Crippen LogP contribution is 2.36. The van der Waals surface area contributed by atoms with Gasteiger partial charge in [-0.3, -0.25) is 4.79 Å². The lowest BCUT2D eigenvalue weighted by Gasteiger charge is -2.14. The normalized spacial score (nSPS) is 10.5. The molecule has 0 fully saturated rings. The summed E-state index contributed by atoms with van der Waals surface area (Å²) in [4.78, 5) is 28.5. The number of nitrogens with zero attached hydrogens (tertiary/aromatic N) is 1. The Bertz CT molecular complexity index is 1100. The molecule has 31 heavy (non-hydrogen) atoms. The van der Waals surface area contributed by atoms with Gasteiger partial charge in [0, 0.05) is 24.1 Å². The number of benzene rings is 2. The summed E-state index contributed by atoms with van der Waals surface area (Å²) in [5, 5.41) is 3.21. The molecule has 0 saturated heterocycles. The topological polar surface area (TPSA) is 96.0 Å². The van der Waals surface area contributed by atoms with Crippen molar-refractivity contribution in [3.63, 3.8) is 0 Å². The highest BCUT2D eigenvalue weighted by molar-refractivity contribution is 5.95. The standard InChI is InChI=1S/C22H21FN2O6/c1-28-19-8-15-16(9-20(19)29-2)25-17(22(27)30-3)10-18(15)31-12-21(26)24-11-13-4-6-14(23)7-5-13/h4-10H,11-12H2,1-3H3,(H,24,26). The van der Waals surface area contributed by atoms with Crippen molar-refractivity contribution in [3.05, 3.63) is 59.5 Å². The fourth-order valence-electron chi connectivity index (χ4n) is 2.85. The van der Waals surface area contributed by atoms with Gasteiger partial charge in [-0.15, -0.1) is 0 Å². The van der Waals surface area contributed by atoms with Crippen molar-refractivity contribution >= 4 is 22.8 Å². The maximum atomic E-state index is 13.0. The minimum absolute atomic E-state index is 0.0175. The summed E-state index contributed by atoms with van der Waals surface area (Å²) in [6.07, 6.45) is 0. The molecule has 0 aliphatic carbocycles. The number of pyridine rings is 1. The molecule has 2 aromatic carbocycles. The maximum Gasteiger partial charge on any atom is 0.356 e. The number of methoxy groups -OCH3 is 3. The molecule has 9 heteroatoms. The number of carbonyl (C=O) groups excluding carboxylic acids is 2. The van der Waals surface area contributed by atoms with Gasteiger partial charge < -0.3 is 24.3 Å². The molecule has 1 amide bonds. The van der Waals surface area contributed by atoms with Gasteiger partial charge in [-0.2, -0.15) is 0 Å². The Kier molecular flexibility index (Phi) is 6.86. The van der Waals surface area contributed by atoms with Crippen LogP contribution in [0.1, 0.15) is 16.1 Å². The number of aromatic nitrogens is 1. The molecule has 0 radical (unpaired) electrons. The van der Waals surface area contributed by atoms with Crippen molar-refractivity contribution in [1.29, 1.82) is 0 Å². The molecule has 8 nitrogen and oxygen atoms in total. The molecule has 0 spiro atoms. The number of fused-ring (bicyclic) bond motifs is 1. The van der Waals surface area contributed by atoms with Gasteiger partial charge in [0.15, 0.2) is 23.8 Å². The Balaban J connectivity index is 1.82. The van der Waals surface area contributed by atoms with Crippen molar-refractivity contribution in [2.75, 3.05) is 27.9 Å². The minimum Gasteiger partial charge on any atom is -0.493 e. The van der Waals surface area contributed by atoms with E-state index in [0.29, 0.717) is 22.4 Å². The van der Waals surface area contributed by atoms with Crippen molar-refractivity contribution in [2.24, 2.45) is 0 Å². The number of rotatable bonds is 8. The number of amides is 1. The SMILES string of the molecule is COC(=O)c1cc(OCC(=O)NCc2ccc(F)cc2)c2cc(OC)c(OC)cc2n1. The average Bonchev–Trinajstić information content (AvgIpc) is 2.80. The zero-order valence-electron chi connectivity index (χ0n) is 17.2. The molecule has 162 valence electrons. The predicted octanol–water partition coefficient (Wildman–Crippen LogP) is 2.87. The number of hydrogen-bond donors (Lipinski definition) is 1. The van der Waals surface area contributed by atoms with Gasteiger partial charge in [-0.1, -0.05) is 12.1 Å². The molecule has 0 atom stereocenters. The van der Waals surface area contributed by atoms with E-state index in [0.717, 1.165) is 5.56 Å². The van der Waals surface area contributed by atoms with Crippen LogP contribution in [0.25, 0.3) is 10.9 Å². The molecule has 0 unspecified atom stereocenters. The van der Waals surface area contributed by atoms with E-state index in [1.165, 1.54) is 39.5 Å². The van der Waals surface area contributed by atoms with Crippen LogP contribution in [0.3, 0.4) is 0 Å². The molecule has 3 aromatic rings. The van der Waals surface area contributed by atoms with Gasteiger partial charge in [-0.25, -0.2) is 14.2 Å². The van der Waals surface area contributed by atoms with Crippen LogP contribution in [0.5, 0.6) is 17.2 Å². The van der Waals surface area contributed by atoms with Crippen LogP contribution in [-0.4, -0.2) is 44.8 Å². The monoisotopic (exact) mass is 428 g/mol. The maximum absolute atomic E-state index is 13.0. The van der Waals surface area contributed by atoms with Gasteiger partial charge >= 0.3 is 5.97 Å². The van der Waals surface area contributed by atoms with Crippen molar-refractivity contribution in [2.45, 2.75) is 6.54 Å². The van der Waals surface area contributed by atoms with E-state index >= 15 is 0 Å². The van der Waals surface area contributed by atoms with Crippen molar-refractivity contribution < 1.29 is 32.9 Å². The average molecular weight is 428 g/mol.